The minimum Gasteiger partial charge on any atom is -0.368 e. The van der Waals surface area contributed by atoms with E-state index in [1.165, 1.54) is 6.07 Å². The number of rotatable bonds is 3. The average molecular weight is 286 g/mol. The van der Waals surface area contributed by atoms with Gasteiger partial charge < -0.3 is 4.90 Å². The van der Waals surface area contributed by atoms with Gasteiger partial charge in [0.05, 0.1) is 11.9 Å². The van der Waals surface area contributed by atoms with E-state index < -0.39 is 10.0 Å². The number of hydrogen-bond donors (Lipinski definition) is 1. The standard InChI is InChI=1S/C13H19FN2O2S/c1-10-5-6-12(14)13(8-10)16-7-3-4-11(9-16)15-19(2,17)18/h5-6,8,11,15H,3-4,7,9H2,1-2H3/t11-/m0/s1. The maximum Gasteiger partial charge on any atom is 0.209 e. The Hall–Kier alpha value is -1.14. The summed E-state index contributed by atoms with van der Waals surface area (Å²) in [6, 6.07) is 4.84. The first-order valence-electron chi connectivity index (χ1n) is 6.33. The van der Waals surface area contributed by atoms with E-state index in [0.717, 1.165) is 31.2 Å². The number of aryl methyl sites for hydroxylation is 1. The third-order valence-corrected chi connectivity index (χ3v) is 4.01. The minimum absolute atomic E-state index is 0.149. The number of nitrogens with one attached hydrogen (secondary N) is 1. The molecule has 1 heterocycles. The van der Waals surface area contributed by atoms with Crippen LogP contribution in [0.1, 0.15) is 18.4 Å². The van der Waals surface area contributed by atoms with E-state index >= 15 is 0 Å². The Bertz CT molecular complexity index is 560. The monoisotopic (exact) mass is 286 g/mol. The Labute approximate surface area is 113 Å². The van der Waals surface area contributed by atoms with Gasteiger partial charge in [0.15, 0.2) is 0 Å². The molecule has 2 rings (SSSR count). The second-order valence-corrected chi connectivity index (χ2v) is 6.91. The predicted octanol–water partition coefficient (Wildman–Crippen LogP) is 1.65. The third kappa shape index (κ3) is 3.91. The number of halogens is 1. The molecule has 1 aromatic carbocycles. The van der Waals surface area contributed by atoms with Gasteiger partial charge in [-0.15, -0.1) is 0 Å². The highest BCUT2D eigenvalue weighted by Crippen LogP contribution is 2.24. The summed E-state index contributed by atoms with van der Waals surface area (Å²) in [5, 5.41) is 0. The van der Waals surface area contributed by atoms with E-state index in [1.807, 2.05) is 11.8 Å². The molecule has 4 nitrogen and oxygen atoms in total. The van der Waals surface area contributed by atoms with Crippen LogP contribution in [0, 0.1) is 12.7 Å². The zero-order chi connectivity index (χ0) is 14.0. The van der Waals surface area contributed by atoms with Crippen LogP contribution in [0.5, 0.6) is 0 Å². The molecular formula is C13H19FN2O2S. The highest BCUT2D eigenvalue weighted by atomic mass is 32.2. The lowest BCUT2D eigenvalue weighted by atomic mass is 10.1. The Morgan fingerprint density at radius 2 is 2.16 bits per heavy atom. The zero-order valence-corrected chi connectivity index (χ0v) is 12.0. The summed E-state index contributed by atoms with van der Waals surface area (Å²) >= 11 is 0. The summed E-state index contributed by atoms with van der Waals surface area (Å²) in [6.07, 6.45) is 2.79. The van der Waals surface area contributed by atoms with Crippen molar-refractivity contribution in [1.82, 2.24) is 4.72 Å². The Kier molecular flexibility index (Phi) is 4.10. The van der Waals surface area contributed by atoms with Gasteiger partial charge in [0.2, 0.25) is 10.0 Å². The highest BCUT2D eigenvalue weighted by molar-refractivity contribution is 7.88. The molecule has 0 aliphatic carbocycles. The maximum atomic E-state index is 13.8. The van der Waals surface area contributed by atoms with Gasteiger partial charge in [-0.1, -0.05) is 6.07 Å². The molecule has 0 spiro atoms. The second kappa shape index (κ2) is 5.46. The number of anilines is 1. The lowest BCUT2D eigenvalue weighted by molar-refractivity contribution is 0.463. The van der Waals surface area contributed by atoms with Crippen LogP contribution in [-0.2, 0) is 10.0 Å². The van der Waals surface area contributed by atoms with Gasteiger partial charge in [0.25, 0.3) is 0 Å². The van der Waals surface area contributed by atoms with Crippen LogP contribution in [0.4, 0.5) is 10.1 Å². The smallest absolute Gasteiger partial charge is 0.209 e. The van der Waals surface area contributed by atoms with Crippen molar-refractivity contribution in [3.8, 4) is 0 Å². The quantitative estimate of drug-likeness (QED) is 0.919. The topological polar surface area (TPSA) is 49.4 Å². The number of sulfonamides is 1. The summed E-state index contributed by atoms with van der Waals surface area (Å²) in [6.45, 7) is 3.18. The Balaban J connectivity index is 2.15. The summed E-state index contributed by atoms with van der Waals surface area (Å²) < 4.78 is 39.0. The summed E-state index contributed by atoms with van der Waals surface area (Å²) in [4.78, 5) is 1.91. The van der Waals surface area contributed by atoms with Crippen LogP contribution in [-0.4, -0.2) is 33.8 Å². The maximum absolute atomic E-state index is 13.8. The van der Waals surface area contributed by atoms with E-state index in [-0.39, 0.29) is 11.9 Å². The normalized spacial score (nSPS) is 20.6. The van der Waals surface area contributed by atoms with Crippen LogP contribution in [0.3, 0.4) is 0 Å². The molecule has 1 N–H and O–H groups in total. The molecule has 19 heavy (non-hydrogen) atoms. The van der Waals surface area contributed by atoms with Gasteiger partial charge >= 0.3 is 0 Å². The summed E-state index contributed by atoms with van der Waals surface area (Å²) in [7, 11) is -3.22. The first-order valence-corrected chi connectivity index (χ1v) is 8.23. The molecule has 6 heteroatoms. The SMILES string of the molecule is Cc1ccc(F)c(N2CCC[C@H](NS(C)(=O)=O)C2)c1. The van der Waals surface area contributed by atoms with Gasteiger partial charge in [0, 0.05) is 19.1 Å². The molecule has 1 atom stereocenters. The molecule has 0 aromatic heterocycles. The highest BCUT2D eigenvalue weighted by Gasteiger charge is 2.24. The molecule has 1 aliphatic heterocycles. The van der Waals surface area contributed by atoms with Crippen molar-refractivity contribution in [2.45, 2.75) is 25.8 Å². The van der Waals surface area contributed by atoms with Crippen molar-refractivity contribution in [1.29, 1.82) is 0 Å². The predicted molar refractivity (Wildman–Crippen MR) is 74.4 cm³/mol. The van der Waals surface area contributed by atoms with E-state index in [4.69, 9.17) is 0 Å². The Morgan fingerprint density at radius 3 is 2.84 bits per heavy atom. The fourth-order valence-electron chi connectivity index (χ4n) is 2.46. The lowest BCUT2D eigenvalue weighted by Gasteiger charge is -2.34. The Morgan fingerprint density at radius 1 is 1.42 bits per heavy atom. The van der Waals surface area contributed by atoms with Gasteiger partial charge in [-0.25, -0.2) is 17.5 Å². The molecule has 1 aliphatic rings. The molecule has 106 valence electrons. The first-order chi connectivity index (χ1) is 8.85. The molecule has 1 fully saturated rings. The van der Waals surface area contributed by atoms with Gasteiger partial charge in [-0.2, -0.15) is 0 Å². The molecule has 1 aromatic rings. The van der Waals surface area contributed by atoms with Gasteiger partial charge in [0.1, 0.15) is 5.82 Å². The van der Waals surface area contributed by atoms with Crippen molar-refractivity contribution in [2.75, 3.05) is 24.2 Å². The number of benzene rings is 1. The fourth-order valence-corrected chi connectivity index (χ4v) is 3.26. The van der Waals surface area contributed by atoms with Crippen LogP contribution in [0.15, 0.2) is 18.2 Å². The van der Waals surface area contributed by atoms with Gasteiger partial charge in [-0.3, -0.25) is 0 Å². The first kappa shape index (κ1) is 14.3. The third-order valence-electron chi connectivity index (χ3n) is 3.24. The molecule has 0 radical (unpaired) electrons. The van der Waals surface area contributed by atoms with Crippen LogP contribution < -0.4 is 9.62 Å². The minimum atomic E-state index is -3.22. The van der Waals surface area contributed by atoms with E-state index in [9.17, 15) is 12.8 Å². The van der Waals surface area contributed by atoms with Crippen molar-refractivity contribution < 1.29 is 12.8 Å². The average Bonchev–Trinajstić information content (AvgIpc) is 2.30. The van der Waals surface area contributed by atoms with Crippen LogP contribution in [0.2, 0.25) is 0 Å². The molecule has 0 amide bonds. The lowest BCUT2D eigenvalue weighted by Crippen LogP contribution is -2.47. The molecule has 0 saturated carbocycles. The van der Waals surface area contributed by atoms with E-state index in [1.54, 1.807) is 12.1 Å². The van der Waals surface area contributed by atoms with Crippen molar-refractivity contribution in [2.24, 2.45) is 0 Å². The molecule has 1 saturated heterocycles. The molecule has 0 unspecified atom stereocenters. The largest absolute Gasteiger partial charge is 0.368 e. The van der Waals surface area contributed by atoms with Crippen molar-refractivity contribution >= 4 is 15.7 Å². The molecular weight excluding hydrogens is 267 g/mol. The molecule has 0 bridgehead atoms. The van der Waals surface area contributed by atoms with Crippen molar-refractivity contribution in [3.05, 3.63) is 29.6 Å². The second-order valence-electron chi connectivity index (χ2n) is 5.13. The fraction of sp³-hybridized carbons (Fsp3) is 0.538. The summed E-state index contributed by atoms with van der Waals surface area (Å²) in [5.74, 6) is -0.259. The van der Waals surface area contributed by atoms with Crippen molar-refractivity contribution in [3.63, 3.8) is 0 Å². The van der Waals surface area contributed by atoms with Crippen LogP contribution in [0.25, 0.3) is 0 Å². The zero-order valence-electron chi connectivity index (χ0n) is 11.2. The van der Waals surface area contributed by atoms with Crippen LogP contribution >= 0.6 is 0 Å². The summed E-state index contributed by atoms with van der Waals surface area (Å²) in [5.41, 5.74) is 1.55. The number of nitrogens with zero attached hydrogens (tertiary/aromatic N) is 1. The van der Waals surface area contributed by atoms with E-state index in [0.29, 0.717) is 12.2 Å². The number of hydrogen-bond acceptors (Lipinski definition) is 3. The van der Waals surface area contributed by atoms with Gasteiger partial charge in [-0.05, 0) is 37.5 Å². The van der Waals surface area contributed by atoms with E-state index in [2.05, 4.69) is 4.72 Å². The number of piperidine rings is 1.